The molecule has 0 saturated carbocycles. The van der Waals surface area contributed by atoms with Crippen molar-refractivity contribution in [1.82, 2.24) is 15.3 Å². The molecule has 1 N–H and O–H groups in total. The first-order chi connectivity index (χ1) is 11.7. The summed E-state index contributed by atoms with van der Waals surface area (Å²) in [5.41, 5.74) is 3.87. The Balaban J connectivity index is 1.47. The fourth-order valence-corrected chi connectivity index (χ4v) is 3.26. The molecule has 1 aromatic carbocycles. The number of pyridine rings is 1. The van der Waals surface area contributed by atoms with E-state index in [1.807, 2.05) is 43.3 Å². The first-order valence-electron chi connectivity index (χ1n) is 7.92. The number of hydrogen-bond donors (Lipinski definition) is 1. The van der Waals surface area contributed by atoms with Gasteiger partial charge in [-0.2, -0.15) is 0 Å². The van der Waals surface area contributed by atoms with E-state index in [0.29, 0.717) is 12.1 Å². The molecule has 0 aliphatic rings. The third-order valence-corrected chi connectivity index (χ3v) is 4.57. The van der Waals surface area contributed by atoms with E-state index in [4.69, 9.17) is 0 Å². The zero-order valence-corrected chi connectivity index (χ0v) is 14.3. The Morgan fingerprint density at radius 1 is 1.21 bits per heavy atom. The first kappa shape index (κ1) is 16.3. The Morgan fingerprint density at radius 3 is 2.83 bits per heavy atom. The lowest BCUT2D eigenvalue weighted by molar-refractivity contribution is 0.0953. The lowest BCUT2D eigenvalue weighted by Crippen LogP contribution is -2.24. The molecule has 3 rings (SSSR count). The largest absolute Gasteiger partial charge is 0.352 e. The number of benzene rings is 1. The summed E-state index contributed by atoms with van der Waals surface area (Å²) < 4.78 is 0. The summed E-state index contributed by atoms with van der Waals surface area (Å²) in [5.74, 6) is -0.0182. The number of hydrogen-bond acceptors (Lipinski definition) is 4. The van der Waals surface area contributed by atoms with Gasteiger partial charge in [0.1, 0.15) is 0 Å². The highest BCUT2D eigenvalue weighted by molar-refractivity contribution is 7.09. The maximum absolute atomic E-state index is 12.1. The van der Waals surface area contributed by atoms with Gasteiger partial charge in [-0.25, -0.2) is 4.98 Å². The van der Waals surface area contributed by atoms with E-state index in [9.17, 15) is 4.79 Å². The maximum atomic E-state index is 12.1. The Bertz CT molecular complexity index is 814. The van der Waals surface area contributed by atoms with Crippen molar-refractivity contribution in [2.75, 3.05) is 6.54 Å². The van der Waals surface area contributed by atoms with E-state index < -0.39 is 0 Å². The van der Waals surface area contributed by atoms with E-state index in [1.165, 1.54) is 0 Å². The van der Waals surface area contributed by atoms with Crippen LogP contribution in [0.15, 0.2) is 54.2 Å². The van der Waals surface area contributed by atoms with Crippen LogP contribution in [0.4, 0.5) is 0 Å². The minimum absolute atomic E-state index is 0.0182. The first-order valence-corrected chi connectivity index (χ1v) is 8.80. The van der Waals surface area contributed by atoms with E-state index >= 15 is 0 Å². The SMILES string of the molecule is Cc1cccc(C(=O)NCCCc2nc(-c3ccncc3)cs2)c1. The lowest BCUT2D eigenvalue weighted by atomic mass is 10.1. The third-order valence-electron chi connectivity index (χ3n) is 3.66. The topological polar surface area (TPSA) is 54.9 Å². The van der Waals surface area contributed by atoms with Gasteiger partial charge in [0.2, 0.25) is 0 Å². The maximum Gasteiger partial charge on any atom is 0.251 e. The van der Waals surface area contributed by atoms with Crippen molar-refractivity contribution in [3.8, 4) is 11.3 Å². The average Bonchev–Trinajstić information content (AvgIpc) is 3.08. The zero-order chi connectivity index (χ0) is 16.8. The highest BCUT2D eigenvalue weighted by Crippen LogP contribution is 2.21. The van der Waals surface area contributed by atoms with Gasteiger partial charge in [-0.1, -0.05) is 17.7 Å². The summed E-state index contributed by atoms with van der Waals surface area (Å²) in [6, 6.07) is 11.5. The molecule has 1 amide bonds. The summed E-state index contributed by atoms with van der Waals surface area (Å²) in [5, 5.41) is 6.12. The van der Waals surface area contributed by atoms with Gasteiger partial charge in [-0.3, -0.25) is 9.78 Å². The van der Waals surface area contributed by atoms with Crippen LogP contribution in [0.5, 0.6) is 0 Å². The van der Waals surface area contributed by atoms with Crippen LogP contribution < -0.4 is 5.32 Å². The number of carbonyl (C=O) groups is 1. The molecule has 0 saturated heterocycles. The molecule has 3 aromatic rings. The van der Waals surface area contributed by atoms with Crippen molar-refractivity contribution < 1.29 is 4.79 Å². The number of nitrogens with one attached hydrogen (secondary N) is 1. The van der Waals surface area contributed by atoms with Gasteiger partial charge >= 0.3 is 0 Å². The van der Waals surface area contributed by atoms with E-state index in [0.717, 1.165) is 34.7 Å². The Kier molecular flexibility index (Phi) is 5.33. The van der Waals surface area contributed by atoms with Gasteiger partial charge in [-0.15, -0.1) is 11.3 Å². The van der Waals surface area contributed by atoms with Gasteiger partial charge in [0.15, 0.2) is 0 Å². The molecule has 0 aliphatic heterocycles. The molecule has 0 radical (unpaired) electrons. The van der Waals surface area contributed by atoms with E-state index in [1.54, 1.807) is 23.7 Å². The van der Waals surface area contributed by atoms with Crippen LogP contribution in [-0.4, -0.2) is 22.4 Å². The average molecular weight is 337 g/mol. The van der Waals surface area contributed by atoms with Crippen LogP contribution in [0.1, 0.15) is 27.3 Å². The number of carbonyl (C=O) groups excluding carboxylic acids is 1. The number of amides is 1. The smallest absolute Gasteiger partial charge is 0.251 e. The van der Waals surface area contributed by atoms with Gasteiger partial charge in [0, 0.05) is 41.9 Å². The zero-order valence-electron chi connectivity index (χ0n) is 13.5. The molecule has 0 atom stereocenters. The summed E-state index contributed by atoms with van der Waals surface area (Å²) in [7, 11) is 0. The van der Waals surface area contributed by atoms with Crippen LogP contribution in [0.25, 0.3) is 11.3 Å². The summed E-state index contributed by atoms with van der Waals surface area (Å²) in [4.78, 5) is 20.7. The normalized spacial score (nSPS) is 10.5. The summed E-state index contributed by atoms with van der Waals surface area (Å²) >= 11 is 1.66. The molecular weight excluding hydrogens is 318 g/mol. The molecule has 122 valence electrons. The molecule has 5 heteroatoms. The minimum Gasteiger partial charge on any atom is -0.352 e. The lowest BCUT2D eigenvalue weighted by Gasteiger charge is -2.05. The Hall–Kier alpha value is -2.53. The molecule has 0 aliphatic carbocycles. The highest BCUT2D eigenvalue weighted by Gasteiger charge is 2.06. The third kappa shape index (κ3) is 4.26. The molecule has 0 bridgehead atoms. The predicted octanol–water partition coefficient (Wildman–Crippen LogP) is 3.88. The molecule has 0 spiro atoms. The number of thiazole rings is 1. The molecule has 24 heavy (non-hydrogen) atoms. The number of aryl methyl sites for hydroxylation is 2. The van der Waals surface area contributed by atoms with Gasteiger partial charge in [-0.05, 0) is 37.6 Å². The molecular formula is C19H19N3OS. The van der Waals surface area contributed by atoms with E-state index in [-0.39, 0.29) is 5.91 Å². The van der Waals surface area contributed by atoms with Crippen LogP contribution in [0.3, 0.4) is 0 Å². The molecule has 2 aromatic heterocycles. The highest BCUT2D eigenvalue weighted by atomic mass is 32.1. The van der Waals surface area contributed by atoms with Crippen LogP contribution in [-0.2, 0) is 6.42 Å². The van der Waals surface area contributed by atoms with Crippen molar-refractivity contribution in [3.05, 3.63) is 70.3 Å². The summed E-state index contributed by atoms with van der Waals surface area (Å²) in [6.45, 7) is 2.64. The number of aromatic nitrogens is 2. The molecule has 0 unspecified atom stereocenters. The van der Waals surface area contributed by atoms with Crippen molar-refractivity contribution in [2.45, 2.75) is 19.8 Å². The Labute approximate surface area is 145 Å². The van der Waals surface area contributed by atoms with E-state index in [2.05, 4.69) is 20.7 Å². The molecule has 0 fully saturated rings. The van der Waals surface area contributed by atoms with Crippen LogP contribution in [0.2, 0.25) is 0 Å². The van der Waals surface area contributed by atoms with Crippen LogP contribution in [0, 0.1) is 6.92 Å². The minimum atomic E-state index is -0.0182. The monoisotopic (exact) mass is 337 g/mol. The second kappa shape index (κ2) is 7.84. The quantitative estimate of drug-likeness (QED) is 0.695. The standard InChI is InChI=1S/C19H19N3OS/c1-14-4-2-5-16(12-14)19(23)21-9-3-6-18-22-17(13-24-18)15-7-10-20-11-8-15/h2,4-5,7-8,10-13H,3,6,9H2,1H3,(H,21,23). The second-order valence-electron chi connectivity index (χ2n) is 5.59. The summed E-state index contributed by atoms with van der Waals surface area (Å²) in [6.07, 6.45) is 5.29. The molecule has 4 nitrogen and oxygen atoms in total. The predicted molar refractivity (Wildman–Crippen MR) is 97.2 cm³/mol. The van der Waals surface area contributed by atoms with Gasteiger partial charge in [0.05, 0.1) is 10.7 Å². The fraction of sp³-hybridized carbons (Fsp3) is 0.211. The van der Waals surface area contributed by atoms with Crippen molar-refractivity contribution in [1.29, 1.82) is 0 Å². The van der Waals surface area contributed by atoms with Gasteiger partial charge < -0.3 is 5.32 Å². The van der Waals surface area contributed by atoms with Crippen molar-refractivity contribution in [2.24, 2.45) is 0 Å². The van der Waals surface area contributed by atoms with Gasteiger partial charge in [0.25, 0.3) is 5.91 Å². The van der Waals surface area contributed by atoms with Crippen molar-refractivity contribution in [3.63, 3.8) is 0 Å². The number of rotatable bonds is 6. The van der Waals surface area contributed by atoms with Crippen LogP contribution >= 0.6 is 11.3 Å². The Morgan fingerprint density at radius 2 is 2.04 bits per heavy atom. The number of nitrogens with zero attached hydrogens (tertiary/aromatic N) is 2. The molecule has 2 heterocycles. The van der Waals surface area contributed by atoms with Crippen molar-refractivity contribution >= 4 is 17.2 Å². The fourth-order valence-electron chi connectivity index (χ4n) is 2.41. The second-order valence-corrected chi connectivity index (χ2v) is 6.53.